The average Bonchev–Trinajstić information content (AvgIpc) is 3.30. The first-order valence-corrected chi connectivity index (χ1v) is 12.3. The van der Waals surface area contributed by atoms with Crippen LogP contribution in [-0.4, -0.2) is 58.9 Å². The molecule has 0 aliphatic carbocycles. The molecule has 0 spiro atoms. The molecule has 3 aromatic heterocycles. The smallest absolute Gasteiger partial charge is 0.180 e. The van der Waals surface area contributed by atoms with Crippen molar-refractivity contribution >= 4 is 38.8 Å². The van der Waals surface area contributed by atoms with Gasteiger partial charge in [-0.15, -0.1) is 0 Å². The molecule has 0 unspecified atom stereocenters. The summed E-state index contributed by atoms with van der Waals surface area (Å²) in [5.41, 5.74) is 8.28. The number of piperidine rings is 1. The molecule has 5 rings (SSSR count). The minimum Gasteiger partial charge on any atom is -0.375 e. The van der Waals surface area contributed by atoms with E-state index in [4.69, 9.17) is 5.73 Å². The molecule has 1 aromatic carbocycles. The molecular formula is C26H28N6OS. The van der Waals surface area contributed by atoms with Gasteiger partial charge >= 0.3 is 0 Å². The lowest BCUT2D eigenvalue weighted by molar-refractivity contribution is 0.0992. The van der Waals surface area contributed by atoms with Crippen LogP contribution in [0.15, 0.2) is 55.0 Å². The summed E-state index contributed by atoms with van der Waals surface area (Å²) in [5, 5.41) is 2.63. The van der Waals surface area contributed by atoms with Crippen LogP contribution in [0.2, 0.25) is 0 Å². The number of hydrogen-bond acceptors (Lipinski definition) is 8. The fourth-order valence-corrected chi connectivity index (χ4v) is 5.18. The molecular weight excluding hydrogens is 444 g/mol. The molecule has 0 amide bonds. The summed E-state index contributed by atoms with van der Waals surface area (Å²) in [6.45, 7) is 1.90. The summed E-state index contributed by atoms with van der Waals surface area (Å²) in [7, 11) is 4.27. The highest BCUT2D eigenvalue weighted by molar-refractivity contribution is 7.18. The minimum absolute atomic E-state index is 0.0464. The maximum Gasteiger partial charge on any atom is 0.180 e. The number of anilines is 2. The number of carbonyl (C=O) groups is 1. The zero-order valence-electron chi connectivity index (χ0n) is 19.4. The van der Waals surface area contributed by atoms with Crippen molar-refractivity contribution in [2.24, 2.45) is 0 Å². The van der Waals surface area contributed by atoms with E-state index < -0.39 is 0 Å². The number of rotatable bonds is 6. The monoisotopic (exact) mass is 472 g/mol. The normalized spacial score (nSPS) is 14.7. The molecule has 1 saturated heterocycles. The number of pyridine rings is 2. The van der Waals surface area contributed by atoms with E-state index >= 15 is 0 Å². The first kappa shape index (κ1) is 22.4. The first-order valence-electron chi connectivity index (χ1n) is 11.5. The number of aromatic nitrogens is 3. The van der Waals surface area contributed by atoms with Crippen molar-refractivity contribution in [3.8, 4) is 10.4 Å². The maximum absolute atomic E-state index is 13.1. The predicted molar refractivity (Wildman–Crippen MR) is 138 cm³/mol. The second kappa shape index (κ2) is 9.48. The number of carbonyl (C=O) groups excluding carboxylic acids is 1. The van der Waals surface area contributed by atoms with Gasteiger partial charge in [-0.3, -0.25) is 9.78 Å². The number of benzene rings is 1. The fourth-order valence-electron chi connectivity index (χ4n) is 4.50. The highest BCUT2D eigenvalue weighted by Crippen LogP contribution is 2.30. The second-order valence-corrected chi connectivity index (χ2v) is 10.0. The number of thiazole rings is 1. The average molecular weight is 473 g/mol. The molecule has 0 saturated carbocycles. The largest absolute Gasteiger partial charge is 0.375 e. The van der Waals surface area contributed by atoms with Gasteiger partial charge in [-0.05, 0) is 62.2 Å². The summed E-state index contributed by atoms with van der Waals surface area (Å²) in [5.74, 6) is 0.924. The number of hydrogen-bond donors (Lipinski definition) is 1. The Morgan fingerprint density at radius 2 is 1.88 bits per heavy atom. The zero-order chi connectivity index (χ0) is 23.7. The quantitative estimate of drug-likeness (QED) is 0.419. The molecule has 1 fully saturated rings. The molecule has 1 aliphatic heterocycles. The van der Waals surface area contributed by atoms with Crippen LogP contribution in [0.3, 0.4) is 0 Å². The Bertz CT molecular complexity index is 1330. The Balaban J connectivity index is 1.32. The van der Waals surface area contributed by atoms with Crippen molar-refractivity contribution in [2.45, 2.75) is 25.3 Å². The highest BCUT2D eigenvalue weighted by atomic mass is 32.1. The van der Waals surface area contributed by atoms with E-state index in [9.17, 15) is 4.79 Å². The number of ketones is 1. The maximum atomic E-state index is 13.1. The van der Waals surface area contributed by atoms with E-state index in [0.29, 0.717) is 16.7 Å². The van der Waals surface area contributed by atoms with Gasteiger partial charge < -0.3 is 15.5 Å². The van der Waals surface area contributed by atoms with Gasteiger partial charge in [0.15, 0.2) is 10.9 Å². The SMILES string of the molecule is CN(C)C1CCN(c2cc(C(=O)Cc3cc4cc(-c5cnc(N)s5)ccc4cn3)ccn2)CC1. The van der Waals surface area contributed by atoms with Crippen molar-refractivity contribution in [1.29, 1.82) is 0 Å². The number of nitrogens with zero attached hydrogens (tertiary/aromatic N) is 5. The van der Waals surface area contributed by atoms with Crippen molar-refractivity contribution in [3.63, 3.8) is 0 Å². The van der Waals surface area contributed by atoms with Crippen LogP contribution in [0.5, 0.6) is 0 Å². The Hall–Kier alpha value is -3.36. The molecule has 34 heavy (non-hydrogen) atoms. The van der Waals surface area contributed by atoms with Crippen LogP contribution in [0.25, 0.3) is 21.2 Å². The topological polar surface area (TPSA) is 88.2 Å². The lowest BCUT2D eigenvalue weighted by Crippen LogP contribution is -2.42. The number of nitrogen functional groups attached to an aromatic ring is 1. The molecule has 174 valence electrons. The van der Waals surface area contributed by atoms with Crippen LogP contribution in [0.1, 0.15) is 28.9 Å². The standard InChI is InChI=1S/C26H28N6OS/c1-31(2)22-6-9-32(10-7-22)25-13-17(5-8-28-25)23(33)14-21-12-20-11-18(3-4-19(20)15-29-21)24-16-30-26(27)34-24/h3-5,8,11-13,15-16,22H,6-7,9-10,14H2,1-2H3,(H2,27,30). The van der Waals surface area contributed by atoms with Crippen LogP contribution in [0.4, 0.5) is 10.9 Å². The summed E-state index contributed by atoms with van der Waals surface area (Å²) >= 11 is 1.46. The van der Waals surface area contributed by atoms with Crippen LogP contribution >= 0.6 is 11.3 Å². The number of fused-ring (bicyclic) bond motifs is 1. The summed E-state index contributed by atoms with van der Waals surface area (Å²) in [6, 6.07) is 12.5. The number of Topliss-reactive ketones (excluding diaryl/α,β-unsaturated/α-hetero) is 1. The van der Waals surface area contributed by atoms with Gasteiger partial charge in [-0.25, -0.2) is 9.97 Å². The molecule has 0 atom stereocenters. The van der Waals surface area contributed by atoms with E-state index in [1.54, 1.807) is 18.5 Å². The molecule has 0 radical (unpaired) electrons. The highest BCUT2D eigenvalue weighted by Gasteiger charge is 2.22. The van der Waals surface area contributed by atoms with E-state index in [1.165, 1.54) is 11.3 Å². The van der Waals surface area contributed by atoms with Crippen molar-refractivity contribution in [2.75, 3.05) is 37.8 Å². The number of nitrogens with two attached hydrogens (primary N) is 1. The van der Waals surface area contributed by atoms with Crippen molar-refractivity contribution in [1.82, 2.24) is 19.9 Å². The molecule has 4 heterocycles. The van der Waals surface area contributed by atoms with E-state index in [0.717, 1.165) is 58.7 Å². The molecule has 0 bridgehead atoms. The Labute approximate surface area is 203 Å². The van der Waals surface area contributed by atoms with Crippen molar-refractivity contribution < 1.29 is 4.79 Å². The van der Waals surface area contributed by atoms with E-state index in [2.05, 4.69) is 44.9 Å². The van der Waals surface area contributed by atoms with E-state index in [-0.39, 0.29) is 12.2 Å². The molecule has 4 aromatic rings. The Morgan fingerprint density at radius 3 is 2.62 bits per heavy atom. The fraction of sp³-hybridized carbons (Fsp3) is 0.308. The summed E-state index contributed by atoms with van der Waals surface area (Å²) in [4.78, 5) is 31.9. The van der Waals surface area contributed by atoms with Gasteiger partial charge in [0.25, 0.3) is 0 Å². The van der Waals surface area contributed by atoms with Gasteiger partial charge in [0.2, 0.25) is 0 Å². The minimum atomic E-state index is 0.0464. The summed E-state index contributed by atoms with van der Waals surface area (Å²) in [6.07, 6.45) is 7.81. The van der Waals surface area contributed by atoms with Crippen LogP contribution in [-0.2, 0) is 6.42 Å². The molecule has 8 heteroatoms. The Morgan fingerprint density at radius 1 is 1.06 bits per heavy atom. The zero-order valence-corrected chi connectivity index (χ0v) is 20.3. The molecule has 7 nitrogen and oxygen atoms in total. The van der Waals surface area contributed by atoms with Gasteiger partial charge in [0, 0.05) is 54.4 Å². The van der Waals surface area contributed by atoms with Crippen LogP contribution < -0.4 is 10.6 Å². The van der Waals surface area contributed by atoms with Crippen LogP contribution in [0, 0.1) is 0 Å². The third-order valence-corrected chi connectivity index (χ3v) is 7.39. The lowest BCUT2D eigenvalue weighted by atomic mass is 10.0. The van der Waals surface area contributed by atoms with Crippen molar-refractivity contribution in [3.05, 3.63) is 66.2 Å². The first-order chi connectivity index (χ1) is 16.5. The van der Waals surface area contributed by atoms with Gasteiger partial charge in [-0.1, -0.05) is 23.5 Å². The molecule has 1 aliphatic rings. The Kier molecular flexibility index (Phi) is 6.26. The van der Waals surface area contributed by atoms with Gasteiger partial charge in [-0.2, -0.15) is 0 Å². The van der Waals surface area contributed by atoms with Gasteiger partial charge in [0.1, 0.15) is 5.82 Å². The molecule has 2 N–H and O–H groups in total. The van der Waals surface area contributed by atoms with Gasteiger partial charge in [0.05, 0.1) is 11.3 Å². The third kappa shape index (κ3) is 4.78. The summed E-state index contributed by atoms with van der Waals surface area (Å²) < 4.78 is 0. The third-order valence-electron chi connectivity index (χ3n) is 6.51. The second-order valence-electron chi connectivity index (χ2n) is 8.98. The lowest BCUT2D eigenvalue weighted by Gasteiger charge is -2.35. The predicted octanol–water partition coefficient (Wildman–Crippen LogP) is 4.29. The van der Waals surface area contributed by atoms with E-state index in [1.807, 2.05) is 30.5 Å².